The summed E-state index contributed by atoms with van der Waals surface area (Å²) < 4.78 is 29.2. The Hall–Kier alpha value is -3.09. The molecule has 0 atom stereocenters. The Balaban J connectivity index is 1.62. The smallest absolute Gasteiger partial charge is 0.274 e. The van der Waals surface area contributed by atoms with Crippen LogP contribution in [0.5, 0.6) is 0 Å². The van der Waals surface area contributed by atoms with E-state index in [1.165, 1.54) is 24.4 Å². The maximum Gasteiger partial charge on any atom is 0.274 e. The highest BCUT2D eigenvalue weighted by Gasteiger charge is 2.30. The van der Waals surface area contributed by atoms with E-state index in [4.69, 9.17) is 0 Å². The van der Waals surface area contributed by atoms with Gasteiger partial charge in [-0.3, -0.25) is 4.79 Å². The molecule has 0 radical (unpaired) electrons. The van der Waals surface area contributed by atoms with Crippen molar-refractivity contribution in [2.45, 2.75) is 31.8 Å². The lowest BCUT2D eigenvalue weighted by Gasteiger charge is -2.37. The van der Waals surface area contributed by atoms with E-state index in [-0.39, 0.29) is 11.9 Å². The number of carbonyl (C=O) groups is 1. The minimum atomic E-state index is -0.613. The number of hydrogen-bond acceptors (Lipinski definition) is 3. The quantitative estimate of drug-likeness (QED) is 0.628. The van der Waals surface area contributed by atoms with Crippen LogP contribution in [0.2, 0.25) is 0 Å². The lowest BCUT2D eigenvalue weighted by molar-refractivity contribution is 0.0551. The first-order chi connectivity index (χ1) is 13.5. The van der Waals surface area contributed by atoms with Crippen molar-refractivity contribution in [2.24, 2.45) is 7.05 Å². The number of nitrogens with zero attached hydrogens (tertiary/aromatic N) is 4. The standard InChI is InChI=1S/C21H20F2N4O/c1-26-12-19(25-13-26)21(28)27(16-3-2-4-16)11-14-5-7-18(22)17(9-14)15-6-8-20(23)24-10-15/h5-10,12-13,16H,2-4,11H2,1H3. The fraction of sp³-hybridized carbons (Fsp3) is 0.286. The number of carbonyl (C=O) groups excluding carboxylic acids is 1. The minimum Gasteiger partial charge on any atom is -0.340 e. The van der Waals surface area contributed by atoms with Crippen molar-refractivity contribution in [1.29, 1.82) is 0 Å². The van der Waals surface area contributed by atoms with Gasteiger partial charge in [0.25, 0.3) is 5.91 Å². The molecule has 2 aromatic heterocycles. The summed E-state index contributed by atoms with van der Waals surface area (Å²) in [5.74, 6) is -1.15. The number of aryl methyl sites for hydroxylation is 1. The van der Waals surface area contributed by atoms with E-state index in [2.05, 4.69) is 9.97 Å². The van der Waals surface area contributed by atoms with Gasteiger partial charge < -0.3 is 9.47 Å². The predicted octanol–water partition coefficient (Wildman–Crippen LogP) is 3.96. The largest absolute Gasteiger partial charge is 0.340 e. The molecule has 0 N–H and O–H groups in total. The molecule has 4 rings (SSSR count). The molecular formula is C21H20F2N4O. The lowest BCUT2D eigenvalue weighted by atomic mass is 9.90. The number of halogens is 2. The van der Waals surface area contributed by atoms with Crippen LogP contribution in [0.3, 0.4) is 0 Å². The summed E-state index contributed by atoms with van der Waals surface area (Å²) in [6.45, 7) is 0.363. The Labute approximate surface area is 161 Å². The van der Waals surface area contributed by atoms with E-state index in [1.54, 1.807) is 29.2 Å². The number of aromatic nitrogens is 3. The van der Waals surface area contributed by atoms with Gasteiger partial charge in [0.15, 0.2) is 0 Å². The molecule has 0 aliphatic heterocycles. The monoisotopic (exact) mass is 382 g/mol. The topological polar surface area (TPSA) is 51.0 Å². The van der Waals surface area contributed by atoms with Gasteiger partial charge in [-0.25, -0.2) is 14.4 Å². The van der Waals surface area contributed by atoms with Gasteiger partial charge in [-0.15, -0.1) is 0 Å². The van der Waals surface area contributed by atoms with Gasteiger partial charge in [0, 0.05) is 43.2 Å². The molecule has 0 bridgehead atoms. The summed E-state index contributed by atoms with van der Waals surface area (Å²) >= 11 is 0. The maximum absolute atomic E-state index is 14.3. The van der Waals surface area contributed by atoms with Crippen LogP contribution in [0.4, 0.5) is 8.78 Å². The van der Waals surface area contributed by atoms with E-state index in [1.807, 2.05) is 11.9 Å². The third-order valence-corrected chi connectivity index (χ3v) is 5.12. The zero-order chi connectivity index (χ0) is 19.7. The van der Waals surface area contributed by atoms with Crippen molar-refractivity contribution in [3.05, 3.63) is 72.1 Å². The molecule has 0 saturated heterocycles. The van der Waals surface area contributed by atoms with Crippen molar-refractivity contribution < 1.29 is 13.6 Å². The highest BCUT2D eigenvalue weighted by atomic mass is 19.1. The average molecular weight is 382 g/mol. The summed E-state index contributed by atoms with van der Waals surface area (Å²) in [6, 6.07) is 7.60. The number of hydrogen-bond donors (Lipinski definition) is 0. The van der Waals surface area contributed by atoms with Crippen molar-refractivity contribution in [1.82, 2.24) is 19.4 Å². The van der Waals surface area contributed by atoms with Gasteiger partial charge in [-0.1, -0.05) is 6.07 Å². The molecule has 1 amide bonds. The minimum absolute atomic E-state index is 0.125. The molecule has 7 heteroatoms. The van der Waals surface area contributed by atoms with Gasteiger partial charge in [0.05, 0.1) is 6.33 Å². The SMILES string of the molecule is Cn1cnc(C(=O)N(Cc2ccc(F)c(-c3ccc(F)nc3)c2)C2CCC2)c1. The molecule has 5 nitrogen and oxygen atoms in total. The van der Waals surface area contributed by atoms with Crippen LogP contribution in [0.1, 0.15) is 35.3 Å². The van der Waals surface area contributed by atoms with Crippen LogP contribution in [0.25, 0.3) is 11.1 Å². The Morgan fingerprint density at radius 1 is 1.21 bits per heavy atom. The summed E-state index contributed by atoms with van der Waals surface area (Å²) in [5, 5.41) is 0. The lowest BCUT2D eigenvalue weighted by Crippen LogP contribution is -2.43. The number of benzene rings is 1. The Kier molecular flexibility index (Phi) is 4.90. The van der Waals surface area contributed by atoms with E-state index < -0.39 is 11.8 Å². The zero-order valence-electron chi connectivity index (χ0n) is 15.5. The summed E-state index contributed by atoms with van der Waals surface area (Å²) in [6.07, 6.45) is 7.61. The maximum atomic E-state index is 14.3. The van der Waals surface area contributed by atoms with Gasteiger partial charge in [0.2, 0.25) is 5.95 Å². The predicted molar refractivity (Wildman–Crippen MR) is 100 cm³/mol. The van der Waals surface area contributed by atoms with Crippen molar-refractivity contribution >= 4 is 5.91 Å². The summed E-state index contributed by atoms with van der Waals surface area (Å²) in [5.41, 5.74) is 2.03. The first-order valence-electron chi connectivity index (χ1n) is 9.20. The van der Waals surface area contributed by atoms with Crippen LogP contribution in [-0.4, -0.2) is 31.4 Å². The Morgan fingerprint density at radius 2 is 2.04 bits per heavy atom. The highest BCUT2D eigenvalue weighted by Crippen LogP contribution is 2.29. The molecule has 28 heavy (non-hydrogen) atoms. The molecule has 144 valence electrons. The van der Waals surface area contributed by atoms with Crippen LogP contribution >= 0.6 is 0 Å². The Morgan fingerprint density at radius 3 is 2.64 bits per heavy atom. The fourth-order valence-electron chi connectivity index (χ4n) is 3.36. The normalized spacial score (nSPS) is 14.0. The number of pyridine rings is 1. The van der Waals surface area contributed by atoms with Crippen LogP contribution < -0.4 is 0 Å². The third-order valence-electron chi connectivity index (χ3n) is 5.12. The number of amides is 1. The molecule has 1 fully saturated rings. The second kappa shape index (κ2) is 7.50. The second-order valence-electron chi connectivity index (χ2n) is 7.13. The molecule has 1 aromatic carbocycles. The average Bonchev–Trinajstić information content (AvgIpc) is 3.08. The molecule has 0 unspecified atom stereocenters. The molecule has 1 aliphatic carbocycles. The second-order valence-corrected chi connectivity index (χ2v) is 7.13. The zero-order valence-corrected chi connectivity index (χ0v) is 15.5. The highest BCUT2D eigenvalue weighted by molar-refractivity contribution is 5.92. The molecule has 0 spiro atoms. The van der Waals surface area contributed by atoms with Gasteiger partial charge in [-0.2, -0.15) is 4.39 Å². The third kappa shape index (κ3) is 3.65. The molecule has 1 aliphatic rings. The van der Waals surface area contributed by atoms with Gasteiger partial charge >= 0.3 is 0 Å². The van der Waals surface area contributed by atoms with E-state index in [9.17, 15) is 13.6 Å². The summed E-state index contributed by atoms with van der Waals surface area (Å²) in [7, 11) is 1.82. The fourth-order valence-corrected chi connectivity index (χ4v) is 3.36. The first-order valence-corrected chi connectivity index (χ1v) is 9.20. The van der Waals surface area contributed by atoms with Crippen LogP contribution in [0, 0.1) is 11.8 Å². The van der Waals surface area contributed by atoms with E-state index in [0.717, 1.165) is 24.8 Å². The molecule has 2 heterocycles. The number of imidazole rings is 1. The molecule has 3 aromatic rings. The summed E-state index contributed by atoms with van der Waals surface area (Å²) in [4.78, 5) is 22.6. The van der Waals surface area contributed by atoms with Gasteiger partial charge in [0.1, 0.15) is 11.5 Å². The van der Waals surface area contributed by atoms with Crippen LogP contribution in [-0.2, 0) is 13.6 Å². The van der Waals surface area contributed by atoms with Crippen molar-refractivity contribution in [2.75, 3.05) is 0 Å². The van der Waals surface area contributed by atoms with Crippen LogP contribution in [0.15, 0.2) is 49.1 Å². The van der Waals surface area contributed by atoms with Crippen molar-refractivity contribution in [3.63, 3.8) is 0 Å². The van der Waals surface area contributed by atoms with Crippen molar-refractivity contribution in [3.8, 4) is 11.1 Å². The van der Waals surface area contributed by atoms with E-state index >= 15 is 0 Å². The van der Waals surface area contributed by atoms with Gasteiger partial charge in [-0.05, 0) is 49.1 Å². The number of rotatable bonds is 5. The Bertz CT molecular complexity index is 996. The van der Waals surface area contributed by atoms with E-state index in [0.29, 0.717) is 23.4 Å². The molecular weight excluding hydrogens is 362 g/mol. The molecule has 1 saturated carbocycles. The first kappa shape index (κ1) is 18.3.